The number of aryl methyl sites for hydroxylation is 2. The first-order valence-corrected chi connectivity index (χ1v) is 17.0. The van der Waals surface area contributed by atoms with E-state index in [1.807, 2.05) is 50.2 Å². The molecule has 6 rings (SSSR count). The van der Waals surface area contributed by atoms with Crippen molar-refractivity contribution in [3.05, 3.63) is 64.1 Å². The first-order valence-electron chi connectivity index (χ1n) is 16.2. The molecular weight excluding hydrogens is 666 g/mol. The van der Waals surface area contributed by atoms with Crippen LogP contribution in [0.5, 0.6) is 17.2 Å². The third-order valence-corrected chi connectivity index (χ3v) is 8.43. The molecule has 0 amide bonds. The van der Waals surface area contributed by atoms with Crippen LogP contribution in [0.25, 0.3) is 11.1 Å². The van der Waals surface area contributed by atoms with Crippen molar-refractivity contribution in [1.29, 1.82) is 0 Å². The van der Waals surface area contributed by atoms with Gasteiger partial charge in [-0.05, 0) is 86.3 Å². The number of ether oxygens (including phenoxy) is 4. The molecule has 0 aliphatic carbocycles. The highest BCUT2D eigenvalue weighted by molar-refractivity contribution is 9.10. The van der Waals surface area contributed by atoms with Crippen LogP contribution in [0.2, 0.25) is 0 Å². The number of phenols is 1. The van der Waals surface area contributed by atoms with Gasteiger partial charge in [-0.2, -0.15) is 4.98 Å². The van der Waals surface area contributed by atoms with E-state index in [2.05, 4.69) is 36.0 Å². The van der Waals surface area contributed by atoms with Crippen LogP contribution < -0.4 is 20.5 Å². The Labute approximate surface area is 285 Å². The number of nitrogen functional groups attached to an aromatic ring is 1. The second-order valence-corrected chi connectivity index (χ2v) is 12.7. The van der Waals surface area contributed by atoms with Crippen molar-refractivity contribution in [2.75, 3.05) is 90.0 Å². The first kappa shape index (κ1) is 34.8. The van der Waals surface area contributed by atoms with Gasteiger partial charge in [0.1, 0.15) is 5.52 Å². The summed E-state index contributed by atoms with van der Waals surface area (Å²) in [6.45, 7) is 14.5. The van der Waals surface area contributed by atoms with E-state index in [9.17, 15) is 5.11 Å². The zero-order chi connectivity index (χ0) is 33.0. The Bertz CT molecular complexity index is 1550. The molecule has 4 aromatic rings. The highest BCUT2D eigenvalue weighted by Crippen LogP contribution is 2.34. The fourth-order valence-electron chi connectivity index (χ4n) is 5.43. The van der Waals surface area contributed by atoms with Crippen molar-refractivity contribution in [2.24, 2.45) is 0 Å². The molecule has 0 radical (unpaired) electrons. The van der Waals surface area contributed by atoms with Crippen molar-refractivity contribution in [2.45, 2.75) is 26.7 Å². The Morgan fingerprint density at radius 2 is 1.38 bits per heavy atom. The normalized spacial score (nSPS) is 15.6. The number of nitrogens with one attached hydrogen (secondary N) is 1. The molecular formula is C35H46BrN5O6. The van der Waals surface area contributed by atoms with Crippen molar-refractivity contribution >= 4 is 44.4 Å². The van der Waals surface area contributed by atoms with E-state index < -0.39 is 0 Å². The van der Waals surface area contributed by atoms with Gasteiger partial charge in [0.15, 0.2) is 22.8 Å². The number of phenolic OH excluding ortho intramolecular Hbond substituents is 1. The molecule has 11 nitrogen and oxygen atoms in total. The van der Waals surface area contributed by atoms with Crippen LogP contribution in [-0.4, -0.2) is 98.8 Å². The summed E-state index contributed by atoms with van der Waals surface area (Å²) in [5, 5.41) is 13.0. The lowest BCUT2D eigenvalue weighted by molar-refractivity contribution is 0.0357. The number of aromatic hydroxyl groups is 1. The third kappa shape index (κ3) is 10.7. The van der Waals surface area contributed by atoms with E-state index in [1.165, 1.54) is 0 Å². The van der Waals surface area contributed by atoms with Gasteiger partial charge in [0, 0.05) is 49.4 Å². The summed E-state index contributed by atoms with van der Waals surface area (Å²) in [5.41, 5.74) is 10.5. The van der Waals surface area contributed by atoms with E-state index in [-0.39, 0.29) is 5.75 Å². The van der Waals surface area contributed by atoms with Gasteiger partial charge in [0.05, 0.1) is 45.3 Å². The topological polar surface area (TPSA) is 128 Å². The number of nitrogens with zero attached hydrogens (tertiary/aromatic N) is 3. The number of benzene rings is 3. The summed E-state index contributed by atoms with van der Waals surface area (Å²) < 4.78 is 29.3. The Kier molecular flexibility index (Phi) is 13.0. The fourth-order valence-corrected chi connectivity index (χ4v) is 5.69. The number of nitrogens with two attached hydrogens (primary N) is 1. The highest BCUT2D eigenvalue weighted by atomic mass is 79.9. The lowest BCUT2D eigenvalue weighted by Gasteiger charge is -2.26. The van der Waals surface area contributed by atoms with Gasteiger partial charge < -0.3 is 39.5 Å². The Balaban J connectivity index is 0.000000199. The van der Waals surface area contributed by atoms with Gasteiger partial charge in [-0.3, -0.25) is 9.80 Å². The number of aromatic nitrogens is 1. The molecule has 0 saturated carbocycles. The van der Waals surface area contributed by atoms with Crippen LogP contribution in [0.4, 0.5) is 17.4 Å². The molecule has 1 aromatic heterocycles. The largest absolute Gasteiger partial charge is 0.503 e. The highest BCUT2D eigenvalue weighted by Gasteiger charge is 2.15. The van der Waals surface area contributed by atoms with Crippen molar-refractivity contribution in [3.63, 3.8) is 0 Å². The summed E-state index contributed by atoms with van der Waals surface area (Å²) in [6.07, 6.45) is 1.89. The van der Waals surface area contributed by atoms with Gasteiger partial charge in [-0.15, -0.1) is 0 Å². The fraction of sp³-hybridized carbons (Fsp3) is 0.457. The number of oxazole rings is 1. The molecule has 0 atom stereocenters. The minimum atomic E-state index is 0.0389. The molecule has 0 spiro atoms. The van der Waals surface area contributed by atoms with Crippen LogP contribution in [0.1, 0.15) is 24.0 Å². The maximum absolute atomic E-state index is 9.79. The lowest BCUT2D eigenvalue weighted by Crippen LogP contribution is -2.37. The molecule has 3 aromatic carbocycles. The third-order valence-electron chi connectivity index (χ3n) is 7.90. The lowest BCUT2D eigenvalue weighted by atomic mass is 10.2. The molecule has 12 heteroatoms. The van der Waals surface area contributed by atoms with Gasteiger partial charge in [-0.1, -0.05) is 15.9 Å². The van der Waals surface area contributed by atoms with E-state index in [0.717, 1.165) is 111 Å². The van der Waals surface area contributed by atoms with Crippen LogP contribution in [0, 0.1) is 13.8 Å². The average Bonchev–Trinajstić information content (AvgIpc) is 3.48. The van der Waals surface area contributed by atoms with Crippen molar-refractivity contribution < 1.29 is 28.5 Å². The summed E-state index contributed by atoms with van der Waals surface area (Å²) in [6, 6.07) is 15.9. The van der Waals surface area contributed by atoms with E-state index in [4.69, 9.17) is 29.1 Å². The molecule has 3 heterocycles. The molecule has 2 aliphatic rings. The van der Waals surface area contributed by atoms with Crippen LogP contribution in [-0.2, 0) is 9.47 Å². The van der Waals surface area contributed by atoms with Gasteiger partial charge in [0.2, 0.25) is 0 Å². The van der Waals surface area contributed by atoms with Gasteiger partial charge >= 0.3 is 0 Å². The second-order valence-electron chi connectivity index (χ2n) is 11.8. The number of halogens is 1. The summed E-state index contributed by atoms with van der Waals surface area (Å²) in [5.74, 6) is 1.25. The predicted molar refractivity (Wildman–Crippen MR) is 188 cm³/mol. The average molecular weight is 713 g/mol. The zero-order valence-corrected chi connectivity index (χ0v) is 28.9. The SMILES string of the molecule is Cc1cc(N)c(O)c(OCCCN2CCOCC2)c1.Cc1cc(OCCCN2CCOCC2)c2oc(Nc3ccc(Br)cc3)nc2c1. The molecule has 2 aliphatic heterocycles. The molecule has 2 fully saturated rings. The predicted octanol–water partition coefficient (Wildman–Crippen LogP) is 6.13. The molecule has 254 valence electrons. The number of hydrogen-bond donors (Lipinski definition) is 3. The minimum Gasteiger partial charge on any atom is -0.503 e. The number of rotatable bonds is 12. The summed E-state index contributed by atoms with van der Waals surface area (Å²) >= 11 is 3.44. The quantitative estimate of drug-likeness (QED) is 0.0893. The van der Waals surface area contributed by atoms with Crippen molar-refractivity contribution in [3.8, 4) is 17.2 Å². The van der Waals surface area contributed by atoms with E-state index in [1.54, 1.807) is 12.1 Å². The number of anilines is 3. The maximum Gasteiger partial charge on any atom is 0.300 e. The number of morpholine rings is 2. The van der Waals surface area contributed by atoms with Gasteiger partial charge in [-0.25, -0.2) is 0 Å². The Morgan fingerprint density at radius 1 is 0.830 bits per heavy atom. The summed E-state index contributed by atoms with van der Waals surface area (Å²) in [7, 11) is 0. The molecule has 0 unspecified atom stereocenters. The molecule has 0 bridgehead atoms. The molecule has 4 N–H and O–H groups in total. The van der Waals surface area contributed by atoms with E-state index >= 15 is 0 Å². The zero-order valence-electron chi connectivity index (χ0n) is 27.3. The Hall–Kier alpha value is -3.55. The smallest absolute Gasteiger partial charge is 0.300 e. The van der Waals surface area contributed by atoms with Crippen LogP contribution >= 0.6 is 15.9 Å². The Morgan fingerprint density at radius 3 is 2.00 bits per heavy atom. The molecule has 47 heavy (non-hydrogen) atoms. The number of hydrogen-bond acceptors (Lipinski definition) is 11. The maximum atomic E-state index is 9.79. The van der Waals surface area contributed by atoms with Crippen molar-refractivity contribution in [1.82, 2.24) is 14.8 Å². The first-order chi connectivity index (χ1) is 22.8. The number of fused-ring (bicyclic) bond motifs is 1. The van der Waals surface area contributed by atoms with Gasteiger partial charge in [0.25, 0.3) is 6.01 Å². The minimum absolute atomic E-state index is 0.0389. The monoisotopic (exact) mass is 711 g/mol. The second kappa shape index (κ2) is 17.6. The van der Waals surface area contributed by atoms with Crippen LogP contribution in [0.3, 0.4) is 0 Å². The van der Waals surface area contributed by atoms with E-state index in [0.29, 0.717) is 36.2 Å². The standard InChI is InChI=1S/C21H24BrN3O3.C14H22N2O3/c1-15-13-18-20(28-21(24-18)23-17-5-3-16(22)4-6-17)19(14-15)27-10-2-7-25-8-11-26-12-9-25;1-11-9-12(15)14(17)13(10-11)19-6-2-3-16-4-7-18-8-5-16/h3-6,13-14H,2,7-12H2,1H3,(H,23,24);9-10,17H,2-8,15H2,1H3. The summed E-state index contributed by atoms with van der Waals surface area (Å²) in [4.78, 5) is 9.33. The van der Waals surface area contributed by atoms with Crippen LogP contribution in [0.15, 0.2) is 57.4 Å². The molecule has 2 saturated heterocycles.